The van der Waals surface area contributed by atoms with E-state index >= 15 is 0 Å². The number of carbonyl (C=O) groups excluding carboxylic acids is 1. The highest BCUT2D eigenvalue weighted by molar-refractivity contribution is 5.81. The van der Waals surface area contributed by atoms with Crippen LogP contribution in [0.4, 0.5) is 0 Å². The van der Waals surface area contributed by atoms with Gasteiger partial charge >= 0.3 is 5.97 Å². The molecule has 1 aromatic rings. The second kappa shape index (κ2) is 6.65. The Kier molecular flexibility index (Phi) is 5.16. The van der Waals surface area contributed by atoms with Crippen molar-refractivity contribution in [1.29, 1.82) is 0 Å². The minimum atomic E-state index is -1.06. The molecule has 0 aliphatic rings. The van der Waals surface area contributed by atoms with Gasteiger partial charge in [-0.05, 0) is 12.0 Å². The van der Waals surface area contributed by atoms with Gasteiger partial charge in [-0.3, -0.25) is 9.59 Å². The first kappa shape index (κ1) is 13.2. The summed E-state index contributed by atoms with van der Waals surface area (Å²) in [6.45, 7) is -0.364. The fourth-order valence-corrected chi connectivity index (χ4v) is 1.47. The van der Waals surface area contributed by atoms with Gasteiger partial charge in [-0.2, -0.15) is 0 Å². The van der Waals surface area contributed by atoms with Gasteiger partial charge in [-0.25, -0.2) is 0 Å². The fourth-order valence-electron chi connectivity index (χ4n) is 1.47. The van der Waals surface area contributed by atoms with Crippen LogP contribution in [0.3, 0.4) is 0 Å². The molecular weight excluding hydrogens is 220 g/mol. The van der Waals surface area contributed by atoms with Gasteiger partial charge in [-0.1, -0.05) is 30.3 Å². The van der Waals surface area contributed by atoms with Crippen LogP contribution in [0, 0.1) is 0 Å². The molecule has 4 N–H and O–H groups in total. The normalized spacial score (nSPS) is 11.8. The first-order chi connectivity index (χ1) is 8.08. The van der Waals surface area contributed by atoms with E-state index in [0.29, 0.717) is 6.42 Å². The zero-order chi connectivity index (χ0) is 12.7. The summed E-state index contributed by atoms with van der Waals surface area (Å²) in [5.74, 6) is -1.40. The average molecular weight is 236 g/mol. The van der Waals surface area contributed by atoms with Gasteiger partial charge in [0.1, 0.15) is 6.54 Å². The first-order valence-corrected chi connectivity index (χ1v) is 5.36. The summed E-state index contributed by atoms with van der Waals surface area (Å²) < 4.78 is 0. The summed E-state index contributed by atoms with van der Waals surface area (Å²) in [6, 6.07) is 9.31. The van der Waals surface area contributed by atoms with E-state index in [9.17, 15) is 9.59 Å². The molecule has 0 aliphatic heterocycles. The van der Waals surface area contributed by atoms with Crippen LogP contribution in [-0.2, 0) is 16.0 Å². The summed E-state index contributed by atoms with van der Waals surface area (Å²) >= 11 is 0. The molecule has 0 bridgehead atoms. The van der Waals surface area contributed by atoms with E-state index in [1.807, 2.05) is 30.3 Å². The highest BCUT2D eigenvalue weighted by Gasteiger charge is 2.10. The van der Waals surface area contributed by atoms with Crippen LogP contribution in [-0.4, -0.2) is 29.6 Å². The quantitative estimate of drug-likeness (QED) is 0.655. The predicted molar refractivity (Wildman–Crippen MR) is 63.4 cm³/mol. The van der Waals surface area contributed by atoms with Crippen molar-refractivity contribution < 1.29 is 14.7 Å². The topological polar surface area (TPSA) is 92.4 Å². The van der Waals surface area contributed by atoms with E-state index in [4.69, 9.17) is 10.8 Å². The second-order valence-corrected chi connectivity index (χ2v) is 3.82. The number of nitrogens with two attached hydrogens (primary N) is 1. The third-order valence-corrected chi connectivity index (χ3v) is 2.23. The number of rotatable bonds is 6. The van der Waals surface area contributed by atoms with E-state index in [2.05, 4.69) is 5.32 Å². The van der Waals surface area contributed by atoms with E-state index in [1.165, 1.54) is 0 Å². The lowest BCUT2D eigenvalue weighted by Crippen LogP contribution is -2.35. The Morgan fingerprint density at radius 2 is 1.94 bits per heavy atom. The first-order valence-electron chi connectivity index (χ1n) is 5.36. The Balaban J connectivity index is 2.32. The number of hydrogen-bond acceptors (Lipinski definition) is 3. The lowest BCUT2D eigenvalue weighted by molar-refractivity contribution is -0.138. The maximum Gasteiger partial charge on any atom is 0.322 e. The molecule has 0 fully saturated rings. The molecule has 5 heteroatoms. The summed E-state index contributed by atoms with van der Waals surface area (Å²) in [5.41, 5.74) is 6.87. The van der Waals surface area contributed by atoms with Crippen LogP contribution < -0.4 is 11.1 Å². The lowest BCUT2D eigenvalue weighted by atomic mass is 10.0. The third-order valence-electron chi connectivity index (χ3n) is 2.23. The summed E-state index contributed by atoms with van der Waals surface area (Å²) in [7, 11) is 0. The monoisotopic (exact) mass is 236 g/mol. The van der Waals surface area contributed by atoms with Gasteiger partial charge in [0.2, 0.25) is 5.91 Å². The van der Waals surface area contributed by atoms with Crippen LogP contribution in [0.5, 0.6) is 0 Å². The second-order valence-electron chi connectivity index (χ2n) is 3.82. The average Bonchev–Trinajstić information content (AvgIpc) is 2.27. The molecule has 1 rings (SSSR count). The number of nitrogens with one attached hydrogen (secondary N) is 1. The SMILES string of the molecule is N[C@H](CC(=O)NCC(=O)O)Cc1ccccc1. The molecular formula is C12H16N2O3. The number of aliphatic carboxylic acids is 1. The van der Waals surface area contributed by atoms with Crippen molar-refractivity contribution >= 4 is 11.9 Å². The molecule has 0 aliphatic carbocycles. The highest BCUT2D eigenvalue weighted by atomic mass is 16.4. The van der Waals surface area contributed by atoms with Gasteiger partial charge in [0.25, 0.3) is 0 Å². The van der Waals surface area contributed by atoms with Gasteiger partial charge in [0.05, 0.1) is 0 Å². The molecule has 1 aromatic carbocycles. The minimum Gasteiger partial charge on any atom is -0.480 e. The Labute approximate surface area is 99.6 Å². The van der Waals surface area contributed by atoms with Crippen LogP contribution in [0.1, 0.15) is 12.0 Å². The van der Waals surface area contributed by atoms with Crippen molar-refractivity contribution in [2.75, 3.05) is 6.54 Å². The third kappa shape index (κ3) is 5.67. The van der Waals surface area contributed by atoms with Gasteiger partial charge in [-0.15, -0.1) is 0 Å². The molecule has 0 aromatic heterocycles. The predicted octanol–water partition coefficient (Wildman–Crippen LogP) is 0.147. The summed E-state index contributed by atoms with van der Waals surface area (Å²) in [6.07, 6.45) is 0.726. The van der Waals surface area contributed by atoms with Crippen molar-refractivity contribution in [1.82, 2.24) is 5.32 Å². The van der Waals surface area contributed by atoms with Gasteiger partial charge in [0, 0.05) is 12.5 Å². The molecule has 0 spiro atoms. The van der Waals surface area contributed by atoms with Gasteiger partial charge < -0.3 is 16.2 Å². The van der Waals surface area contributed by atoms with E-state index in [0.717, 1.165) is 5.56 Å². The van der Waals surface area contributed by atoms with Crippen molar-refractivity contribution in [3.63, 3.8) is 0 Å². The molecule has 0 saturated heterocycles. The van der Waals surface area contributed by atoms with Gasteiger partial charge in [0.15, 0.2) is 0 Å². The summed E-state index contributed by atoms with van der Waals surface area (Å²) in [4.78, 5) is 21.5. The number of hydrogen-bond donors (Lipinski definition) is 3. The fraction of sp³-hybridized carbons (Fsp3) is 0.333. The molecule has 1 amide bonds. The molecule has 1 atom stereocenters. The Morgan fingerprint density at radius 1 is 1.29 bits per heavy atom. The molecule has 0 unspecified atom stereocenters. The maximum atomic E-state index is 11.3. The molecule has 0 radical (unpaired) electrons. The zero-order valence-electron chi connectivity index (χ0n) is 9.43. The van der Waals surface area contributed by atoms with Crippen LogP contribution in [0.25, 0.3) is 0 Å². The van der Waals surface area contributed by atoms with Crippen LogP contribution in [0.2, 0.25) is 0 Å². The smallest absolute Gasteiger partial charge is 0.322 e. The summed E-state index contributed by atoms with van der Waals surface area (Å²) in [5, 5.41) is 10.7. The van der Waals surface area contributed by atoms with Crippen molar-refractivity contribution in [3.8, 4) is 0 Å². The number of amides is 1. The Bertz CT molecular complexity index is 379. The largest absolute Gasteiger partial charge is 0.480 e. The lowest BCUT2D eigenvalue weighted by Gasteiger charge is -2.11. The van der Waals surface area contributed by atoms with Crippen molar-refractivity contribution in [2.45, 2.75) is 18.9 Å². The Morgan fingerprint density at radius 3 is 2.53 bits per heavy atom. The van der Waals surface area contributed by atoms with Crippen molar-refractivity contribution in [2.24, 2.45) is 5.73 Å². The number of benzene rings is 1. The standard InChI is InChI=1S/C12H16N2O3/c13-10(6-9-4-2-1-3-5-9)7-11(15)14-8-12(16)17/h1-5,10H,6-8,13H2,(H,14,15)(H,16,17)/t10-/m0/s1. The van der Waals surface area contributed by atoms with Crippen LogP contribution in [0.15, 0.2) is 30.3 Å². The molecule has 17 heavy (non-hydrogen) atoms. The van der Waals surface area contributed by atoms with Crippen LogP contribution >= 0.6 is 0 Å². The maximum absolute atomic E-state index is 11.3. The number of carboxylic acids is 1. The van der Waals surface area contributed by atoms with E-state index in [1.54, 1.807) is 0 Å². The number of carboxylic acid groups (broad SMARTS) is 1. The molecule has 5 nitrogen and oxygen atoms in total. The zero-order valence-corrected chi connectivity index (χ0v) is 9.43. The highest BCUT2D eigenvalue weighted by Crippen LogP contribution is 2.03. The number of carbonyl (C=O) groups is 2. The molecule has 0 heterocycles. The minimum absolute atomic E-state index is 0.127. The molecule has 92 valence electrons. The van der Waals surface area contributed by atoms with E-state index in [-0.39, 0.29) is 24.9 Å². The van der Waals surface area contributed by atoms with Crippen molar-refractivity contribution in [3.05, 3.63) is 35.9 Å². The molecule has 0 saturated carbocycles. The Hall–Kier alpha value is -1.88. The van der Waals surface area contributed by atoms with E-state index < -0.39 is 5.97 Å².